The van der Waals surface area contributed by atoms with Gasteiger partial charge in [-0.25, -0.2) is 14.5 Å². The molecule has 0 atom stereocenters. The molecule has 0 saturated carbocycles. The molecule has 2 amide bonds. The molecule has 7 nitrogen and oxygen atoms in total. The first kappa shape index (κ1) is 14.0. The van der Waals surface area contributed by atoms with Crippen molar-refractivity contribution in [1.29, 1.82) is 0 Å². The molecule has 7 heteroatoms. The van der Waals surface area contributed by atoms with Crippen LogP contribution in [0, 0.1) is 0 Å². The van der Waals surface area contributed by atoms with Crippen LogP contribution in [0.5, 0.6) is 0 Å². The van der Waals surface area contributed by atoms with E-state index < -0.39 is 12.3 Å². The van der Waals surface area contributed by atoms with Crippen LogP contribution in [-0.4, -0.2) is 51.7 Å². The lowest BCUT2D eigenvalue weighted by Gasteiger charge is -2.15. The fourth-order valence-corrected chi connectivity index (χ4v) is 0.912. The molecular formula is C8H16N2O5. The zero-order valence-electron chi connectivity index (χ0n) is 9.51. The lowest BCUT2D eigenvalue weighted by molar-refractivity contribution is -0.296. The summed E-state index contributed by atoms with van der Waals surface area (Å²) >= 11 is 0. The Morgan fingerprint density at radius 3 is 1.93 bits per heavy atom. The Bertz CT molecular complexity index is 223. The van der Waals surface area contributed by atoms with Crippen molar-refractivity contribution in [1.82, 2.24) is 5.23 Å². The fraction of sp³-hybridized carbons (Fsp3) is 0.750. The van der Waals surface area contributed by atoms with Gasteiger partial charge in [0.25, 0.3) is 0 Å². The monoisotopic (exact) mass is 220 g/mol. The fourth-order valence-electron chi connectivity index (χ4n) is 0.912. The number of carbonyl (C=O) groups is 1. The highest BCUT2D eigenvalue weighted by Crippen LogP contribution is 1.99. The third-order valence-corrected chi connectivity index (χ3v) is 1.53. The Kier molecular flexibility index (Phi) is 6.80. The molecule has 0 aromatic heterocycles. The van der Waals surface area contributed by atoms with E-state index in [0.717, 1.165) is 0 Å². The Balaban J connectivity index is 4.51. The van der Waals surface area contributed by atoms with Crippen LogP contribution in [0.3, 0.4) is 0 Å². The van der Waals surface area contributed by atoms with Crippen molar-refractivity contribution < 1.29 is 23.9 Å². The van der Waals surface area contributed by atoms with Gasteiger partial charge in [0, 0.05) is 14.2 Å². The molecule has 88 valence electrons. The number of rotatable bonds is 5. The van der Waals surface area contributed by atoms with Crippen molar-refractivity contribution in [2.45, 2.75) is 13.2 Å². The minimum absolute atomic E-state index is 0.365. The summed E-state index contributed by atoms with van der Waals surface area (Å²) in [5.74, 6) is 0. The first-order valence-corrected chi connectivity index (χ1v) is 4.13. The van der Waals surface area contributed by atoms with Crippen LogP contribution in [0.15, 0.2) is 4.99 Å². The van der Waals surface area contributed by atoms with Gasteiger partial charge >= 0.3 is 6.03 Å². The average molecular weight is 220 g/mol. The highest BCUT2D eigenvalue weighted by atomic mass is 16.9. The van der Waals surface area contributed by atoms with E-state index in [4.69, 9.17) is 9.47 Å². The summed E-state index contributed by atoms with van der Waals surface area (Å²) in [5, 5.41) is 0.631. The van der Waals surface area contributed by atoms with Crippen LogP contribution in [0.25, 0.3) is 0 Å². The number of hydroxylamine groups is 2. The van der Waals surface area contributed by atoms with Crippen LogP contribution in [-0.2, 0) is 19.1 Å². The molecule has 0 spiro atoms. The number of hydrogen-bond acceptors (Lipinski definition) is 5. The predicted octanol–water partition coefficient (Wildman–Crippen LogP) is 0.611. The summed E-state index contributed by atoms with van der Waals surface area (Å²) in [4.78, 5) is 24.2. The maximum absolute atomic E-state index is 11.3. The van der Waals surface area contributed by atoms with E-state index in [9.17, 15) is 4.79 Å². The van der Waals surface area contributed by atoms with Crippen molar-refractivity contribution in [3.05, 3.63) is 0 Å². The van der Waals surface area contributed by atoms with Gasteiger partial charge in [0.15, 0.2) is 6.29 Å². The normalized spacial score (nSPS) is 12.0. The van der Waals surface area contributed by atoms with Gasteiger partial charge in [-0.1, -0.05) is 5.23 Å². The zero-order valence-corrected chi connectivity index (χ0v) is 9.51. The lowest BCUT2D eigenvalue weighted by Crippen LogP contribution is -2.29. The third-order valence-electron chi connectivity index (χ3n) is 1.53. The largest absolute Gasteiger partial charge is 0.393 e. The number of methoxy groups -OCH3 is 2. The molecule has 0 radical (unpaired) electrons. The van der Waals surface area contributed by atoms with Gasteiger partial charge in [0.2, 0.25) is 0 Å². The quantitative estimate of drug-likeness (QED) is 0.385. The van der Waals surface area contributed by atoms with E-state index in [1.165, 1.54) is 28.4 Å². The van der Waals surface area contributed by atoms with E-state index in [0.29, 0.717) is 10.9 Å². The van der Waals surface area contributed by atoms with Gasteiger partial charge in [0.05, 0.1) is 19.9 Å². The maximum Gasteiger partial charge on any atom is 0.393 e. The summed E-state index contributed by atoms with van der Waals surface area (Å²) < 4.78 is 9.81. The molecule has 0 bridgehead atoms. The molecule has 0 fully saturated rings. The number of hydrogen-bond donors (Lipinski definition) is 0. The van der Waals surface area contributed by atoms with Crippen LogP contribution in [0.4, 0.5) is 4.79 Å². The van der Waals surface area contributed by atoms with Crippen LogP contribution in [0.2, 0.25) is 0 Å². The highest BCUT2D eigenvalue weighted by Gasteiger charge is 2.15. The van der Waals surface area contributed by atoms with Gasteiger partial charge in [-0.3, -0.25) is 0 Å². The van der Waals surface area contributed by atoms with Crippen molar-refractivity contribution in [2.24, 2.45) is 4.99 Å². The molecule has 0 heterocycles. The Morgan fingerprint density at radius 2 is 1.60 bits per heavy atom. The summed E-state index contributed by atoms with van der Waals surface area (Å²) in [7, 11) is 5.47. The Morgan fingerprint density at radius 1 is 1.13 bits per heavy atom. The van der Waals surface area contributed by atoms with E-state index in [1.807, 2.05) is 0 Å². The van der Waals surface area contributed by atoms with Crippen molar-refractivity contribution in [3.63, 3.8) is 0 Å². The van der Waals surface area contributed by atoms with Crippen molar-refractivity contribution in [2.75, 3.05) is 28.4 Å². The maximum atomic E-state index is 11.3. The Labute approximate surface area is 88.5 Å². The number of amides is 2. The summed E-state index contributed by atoms with van der Waals surface area (Å²) in [6, 6.07) is -0.698. The van der Waals surface area contributed by atoms with Crippen molar-refractivity contribution >= 4 is 11.7 Å². The SMILES string of the molecule is COC(OC)C(C)=NC(=O)N(OC)OC. The van der Waals surface area contributed by atoms with E-state index in [2.05, 4.69) is 14.7 Å². The summed E-state index contributed by atoms with van der Waals surface area (Å²) in [6.07, 6.45) is -0.662. The van der Waals surface area contributed by atoms with Crippen LogP contribution >= 0.6 is 0 Å². The van der Waals surface area contributed by atoms with Gasteiger partial charge in [-0.2, -0.15) is 4.99 Å². The first-order chi connectivity index (χ1) is 7.10. The molecule has 15 heavy (non-hydrogen) atoms. The van der Waals surface area contributed by atoms with E-state index >= 15 is 0 Å². The molecule has 0 saturated heterocycles. The molecular weight excluding hydrogens is 204 g/mol. The smallest absolute Gasteiger partial charge is 0.351 e. The molecule has 0 aromatic carbocycles. The zero-order chi connectivity index (χ0) is 11.8. The molecule has 0 aliphatic carbocycles. The second kappa shape index (κ2) is 7.30. The van der Waals surface area contributed by atoms with E-state index in [-0.39, 0.29) is 0 Å². The molecule has 0 rings (SSSR count). The van der Waals surface area contributed by atoms with Gasteiger partial charge in [-0.15, -0.1) is 0 Å². The van der Waals surface area contributed by atoms with Gasteiger partial charge < -0.3 is 9.47 Å². The molecule has 0 aliphatic heterocycles. The number of aliphatic imine (C=N–C) groups is 1. The second-order valence-electron chi connectivity index (χ2n) is 2.46. The summed E-state index contributed by atoms with van der Waals surface area (Å²) in [5.41, 5.74) is 0.365. The van der Waals surface area contributed by atoms with E-state index in [1.54, 1.807) is 6.92 Å². The summed E-state index contributed by atoms with van der Waals surface area (Å²) in [6.45, 7) is 1.60. The topological polar surface area (TPSA) is 69.6 Å². The second-order valence-corrected chi connectivity index (χ2v) is 2.46. The number of nitrogens with zero attached hydrogens (tertiary/aromatic N) is 2. The number of carbonyl (C=O) groups excluding carboxylic acids is 1. The third kappa shape index (κ3) is 4.34. The average Bonchev–Trinajstić information content (AvgIpc) is 2.21. The van der Waals surface area contributed by atoms with Crippen LogP contribution in [0.1, 0.15) is 6.92 Å². The molecule has 0 N–H and O–H groups in total. The van der Waals surface area contributed by atoms with Crippen molar-refractivity contribution in [3.8, 4) is 0 Å². The van der Waals surface area contributed by atoms with Crippen LogP contribution < -0.4 is 0 Å². The number of ether oxygens (including phenoxy) is 2. The highest BCUT2D eigenvalue weighted by molar-refractivity contribution is 5.95. The minimum Gasteiger partial charge on any atom is -0.351 e. The van der Waals surface area contributed by atoms with Gasteiger partial charge in [0.1, 0.15) is 0 Å². The standard InChI is InChI=1S/C8H16N2O5/c1-6(7(12-2)13-3)9-8(11)10(14-4)15-5/h7H,1-5H3. The lowest BCUT2D eigenvalue weighted by atomic mass is 10.4. The first-order valence-electron chi connectivity index (χ1n) is 4.13. The Hall–Kier alpha value is -1.02. The molecule has 0 aliphatic rings. The molecule has 0 aromatic rings. The van der Waals surface area contributed by atoms with Gasteiger partial charge in [-0.05, 0) is 6.92 Å². The minimum atomic E-state index is -0.698. The number of urea groups is 1. The predicted molar refractivity (Wildman–Crippen MR) is 52.2 cm³/mol. The molecule has 0 unspecified atom stereocenters.